The minimum atomic E-state index is 0.303. The number of methoxy groups -OCH3 is 1. The van der Waals surface area contributed by atoms with Gasteiger partial charge < -0.3 is 19.5 Å². The zero-order valence-electron chi connectivity index (χ0n) is 11.4. The van der Waals surface area contributed by atoms with Gasteiger partial charge in [0, 0.05) is 25.4 Å². The Bertz CT molecular complexity index is 598. The Kier molecular flexibility index (Phi) is 3.74. The zero-order valence-corrected chi connectivity index (χ0v) is 11.4. The minimum absolute atomic E-state index is 0.303. The number of benzene rings is 2. The summed E-state index contributed by atoms with van der Waals surface area (Å²) in [4.78, 5) is 0. The molecule has 0 saturated heterocycles. The highest BCUT2D eigenvalue weighted by Crippen LogP contribution is 2.34. The second-order valence-corrected chi connectivity index (χ2v) is 4.67. The quantitative estimate of drug-likeness (QED) is 0.906. The molecule has 1 aliphatic rings. The van der Waals surface area contributed by atoms with Crippen LogP contribution in [0.5, 0.6) is 11.5 Å². The van der Waals surface area contributed by atoms with Crippen molar-refractivity contribution < 1.29 is 14.2 Å². The number of anilines is 1. The standard InChI is InChI=1S/C16H17NO3/c1-18-10-13-4-2-3-12(7-13)9-17-14-5-6-15-16(8-14)20-11-19-15/h2-8,17H,9-11H2,1H3. The summed E-state index contributed by atoms with van der Waals surface area (Å²) in [5.74, 6) is 1.60. The summed E-state index contributed by atoms with van der Waals surface area (Å²) in [6, 6.07) is 14.2. The topological polar surface area (TPSA) is 39.7 Å². The largest absolute Gasteiger partial charge is 0.454 e. The maximum Gasteiger partial charge on any atom is 0.231 e. The van der Waals surface area contributed by atoms with Gasteiger partial charge in [-0.15, -0.1) is 0 Å². The first-order chi connectivity index (χ1) is 9.85. The Morgan fingerprint density at radius 3 is 2.80 bits per heavy atom. The maximum atomic E-state index is 5.36. The molecule has 2 aromatic rings. The summed E-state index contributed by atoms with van der Waals surface area (Å²) in [7, 11) is 1.71. The lowest BCUT2D eigenvalue weighted by atomic mass is 10.1. The molecule has 3 rings (SSSR count). The van der Waals surface area contributed by atoms with Gasteiger partial charge in [-0.05, 0) is 23.3 Å². The third-order valence-electron chi connectivity index (χ3n) is 3.17. The normalized spacial score (nSPS) is 12.4. The van der Waals surface area contributed by atoms with Crippen molar-refractivity contribution in [3.8, 4) is 11.5 Å². The number of hydrogen-bond donors (Lipinski definition) is 1. The molecule has 0 fully saturated rings. The molecule has 0 aliphatic carbocycles. The van der Waals surface area contributed by atoms with Gasteiger partial charge in [-0.3, -0.25) is 0 Å². The first-order valence-electron chi connectivity index (χ1n) is 6.55. The summed E-state index contributed by atoms with van der Waals surface area (Å²) in [5.41, 5.74) is 3.42. The molecule has 1 N–H and O–H groups in total. The van der Waals surface area contributed by atoms with E-state index in [1.54, 1.807) is 7.11 Å². The minimum Gasteiger partial charge on any atom is -0.454 e. The SMILES string of the molecule is COCc1cccc(CNc2ccc3c(c2)OCO3)c1. The Hall–Kier alpha value is -2.20. The summed E-state index contributed by atoms with van der Waals surface area (Å²) >= 11 is 0. The lowest BCUT2D eigenvalue weighted by Crippen LogP contribution is -2.00. The van der Waals surface area contributed by atoms with E-state index >= 15 is 0 Å². The fourth-order valence-corrected chi connectivity index (χ4v) is 2.21. The molecule has 0 saturated carbocycles. The van der Waals surface area contributed by atoms with Gasteiger partial charge in [-0.25, -0.2) is 0 Å². The summed E-state index contributed by atoms with van der Waals surface area (Å²) < 4.78 is 15.8. The molecule has 1 aliphatic heterocycles. The lowest BCUT2D eigenvalue weighted by Gasteiger charge is -2.08. The molecule has 1 heterocycles. The van der Waals surface area contributed by atoms with Gasteiger partial charge in [0.1, 0.15) is 0 Å². The Morgan fingerprint density at radius 2 is 1.90 bits per heavy atom. The van der Waals surface area contributed by atoms with Crippen LogP contribution in [0.3, 0.4) is 0 Å². The molecule has 0 atom stereocenters. The van der Waals surface area contributed by atoms with Gasteiger partial charge in [0.25, 0.3) is 0 Å². The van der Waals surface area contributed by atoms with Crippen LogP contribution in [0, 0.1) is 0 Å². The maximum absolute atomic E-state index is 5.36. The highest BCUT2D eigenvalue weighted by atomic mass is 16.7. The third kappa shape index (κ3) is 2.86. The molecule has 2 aromatic carbocycles. The van der Waals surface area contributed by atoms with Crippen LogP contribution in [0.4, 0.5) is 5.69 Å². The molecule has 104 valence electrons. The third-order valence-corrected chi connectivity index (χ3v) is 3.17. The first kappa shape index (κ1) is 12.8. The van der Waals surface area contributed by atoms with E-state index in [4.69, 9.17) is 14.2 Å². The van der Waals surface area contributed by atoms with E-state index < -0.39 is 0 Å². The number of ether oxygens (including phenoxy) is 3. The first-order valence-corrected chi connectivity index (χ1v) is 6.55. The van der Waals surface area contributed by atoms with E-state index in [-0.39, 0.29) is 0 Å². The fraction of sp³-hybridized carbons (Fsp3) is 0.250. The van der Waals surface area contributed by atoms with Gasteiger partial charge in [0.15, 0.2) is 11.5 Å². The van der Waals surface area contributed by atoms with E-state index in [9.17, 15) is 0 Å². The van der Waals surface area contributed by atoms with E-state index in [1.165, 1.54) is 11.1 Å². The molecule has 4 nitrogen and oxygen atoms in total. The molecule has 0 bridgehead atoms. The van der Waals surface area contributed by atoms with Crippen LogP contribution in [0.1, 0.15) is 11.1 Å². The van der Waals surface area contributed by atoms with Crippen LogP contribution in [-0.4, -0.2) is 13.9 Å². The van der Waals surface area contributed by atoms with E-state index in [0.717, 1.165) is 23.7 Å². The highest BCUT2D eigenvalue weighted by molar-refractivity contribution is 5.55. The second-order valence-electron chi connectivity index (χ2n) is 4.67. The highest BCUT2D eigenvalue weighted by Gasteiger charge is 2.12. The van der Waals surface area contributed by atoms with Crippen LogP contribution in [0.15, 0.2) is 42.5 Å². The lowest BCUT2D eigenvalue weighted by molar-refractivity contribution is 0.174. The van der Waals surface area contributed by atoms with Crippen molar-refractivity contribution >= 4 is 5.69 Å². The molecular formula is C16H17NO3. The van der Waals surface area contributed by atoms with Crippen molar-refractivity contribution in [3.05, 3.63) is 53.6 Å². The zero-order chi connectivity index (χ0) is 13.8. The van der Waals surface area contributed by atoms with Gasteiger partial charge in [0.05, 0.1) is 6.61 Å². The number of fused-ring (bicyclic) bond motifs is 1. The molecule has 0 aromatic heterocycles. The molecule has 0 spiro atoms. The van der Waals surface area contributed by atoms with Crippen LogP contribution in [-0.2, 0) is 17.9 Å². The van der Waals surface area contributed by atoms with E-state index in [2.05, 4.69) is 23.5 Å². The van der Waals surface area contributed by atoms with E-state index in [0.29, 0.717) is 13.4 Å². The molecule has 20 heavy (non-hydrogen) atoms. The van der Waals surface area contributed by atoms with Crippen LogP contribution >= 0.6 is 0 Å². The summed E-state index contributed by atoms with van der Waals surface area (Å²) in [6.45, 7) is 1.70. The van der Waals surface area contributed by atoms with E-state index in [1.807, 2.05) is 24.3 Å². The smallest absolute Gasteiger partial charge is 0.231 e. The van der Waals surface area contributed by atoms with Crippen LogP contribution < -0.4 is 14.8 Å². The van der Waals surface area contributed by atoms with Gasteiger partial charge in [-0.1, -0.05) is 24.3 Å². The molecule has 0 radical (unpaired) electrons. The molecule has 4 heteroatoms. The van der Waals surface area contributed by atoms with Gasteiger partial charge >= 0.3 is 0 Å². The van der Waals surface area contributed by atoms with Crippen molar-refractivity contribution in [2.45, 2.75) is 13.2 Å². The monoisotopic (exact) mass is 271 g/mol. The number of hydrogen-bond acceptors (Lipinski definition) is 4. The van der Waals surface area contributed by atoms with Crippen molar-refractivity contribution in [1.29, 1.82) is 0 Å². The predicted molar refractivity (Wildman–Crippen MR) is 77.0 cm³/mol. The van der Waals surface area contributed by atoms with Crippen molar-refractivity contribution in [1.82, 2.24) is 0 Å². The molecule has 0 unspecified atom stereocenters. The summed E-state index contributed by atoms with van der Waals surface area (Å²) in [6.07, 6.45) is 0. The Labute approximate surface area is 118 Å². The predicted octanol–water partition coefficient (Wildman–Crippen LogP) is 3.17. The number of nitrogens with one attached hydrogen (secondary N) is 1. The Balaban J connectivity index is 1.65. The molecular weight excluding hydrogens is 254 g/mol. The van der Waals surface area contributed by atoms with Gasteiger partial charge in [-0.2, -0.15) is 0 Å². The average molecular weight is 271 g/mol. The Morgan fingerprint density at radius 1 is 1.05 bits per heavy atom. The van der Waals surface area contributed by atoms with Crippen LogP contribution in [0.25, 0.3) is 0 Å². The van der Waals surface area contributed by atoms with Gasteiger partial charge in [0.2, 0.25) is 6.79 Å². The summed E-state index contributed by atoms with van der Waals surface area (Å²) in [5, 5.41) is 3.38. The average Bonchev–Trinajstić information content (AvgIpc) is 2.93. The van der Waals surface area contributed by atoms with Crippen molar-refractivity contribution in [3.63, 3.8) is 0 Å². The van der Waals surface area contributed by atoms with Crippen molar-refractivity contribution in [2.75, 3.05) is 19.2 Å². The molecule has 0 amide bonds. The van der Waals surface area contributed by atoms with Crippen LogP contribution in [0.2, 0.25) is 0 Å². The fourth-order valence-electron chi connectivity index (χ4n) is 2.21. The second kappa shape index (κ2) is 5.84. The van der Waals surface area contributed by atoms with Crippen molar-refractivity contribution in [2.24, 2.45) is 0 Å². The number of rotatable bonds is 5.